The zero-order valence-corrected chi connectivity index (χ0v) is 21.4. The molecule has 0 saturated heterocycles. The van der Waals surface area contributed by atoms with Crippen molar-refractivity contribution in [2.75, 3.05) is 10.6 Å². The fourth-order valence-electron chi connectivity index (χ4n) is 3.20. The maximum Gasteiger partial charge on any atom is 0.296 e. The molecule has 0 aromatic heterocycles. The number of aliphatic imine (C=N–C) groups is 6. The number of nitrogens with zero attached hydrogens (tertiary/aromatic N) is 6. The molecule has 6 N–H and O–H groups in total. The van der Waals surface area contributed by atoms with Crippen LogP contribution in [-0.4, -0.2) is 60.4 Å². The third kappa shape index (κ3) is 5.64. The molecular formula is C18H12Cl2N10O6S2. The lowest BCUT2D eigenvalue weighted by Crippen LogP contribution is -2.37. The van der Waals surface area contributed by atoms with Crippen molar-refractivity contribution in [1.82, 2.24) is 10.6 Å². The van der Waals surface area contributed by atoms with E-state index in [-0.39, 0.29) is 34.4 Å². The Kier molecular flexibility index (Phi) is 6.37. The molecule has 0 fully saturated rings. The summed E-state index contributed by atoms with van der Waals surface area (Å²) in [5.74, 6) is -0.658. The molecule has 2 aromatic carbocycles. The quantitative estimate of drug-likeness (QED) is 0.216. The van der Waals surface area contributed by atoms with Crippen LogP contribution in [0.3, 0.4) is 0 Å². The molecule has 38 heavy (non-hydrogen) atoms. The van der Waals surface area contributed by atoms with Crippen molar-refractivity contribution in [3.8, 4) is 0 Å². The molecule has 16 nitrogen and oxygen atoms in total. The van der Waals surface area contributed by atoms with Gasteiger partial charge in [-0.05, 0) is 59.6 Å². The molecule has 196 valence electrons. The minimum atomic E-state index is -5.09. The van der Waals surface area contributed by atoms with Crippen LogP contribution in [0.5, 0.6) is 0 Å². The first-order valence-corrected chi connectivity index (χ1v) is 13.6. The molecular weight excluding hydrogens is 587 g/mol. The van der Waals surface area contributed by atoms with Gasteiger partial charge in [0, 0.05) is 11.4 Å². The third-order valence-electron chi connectivity index (χ3n) is 4.71. The van der Waals surface area contributed by atoms with Crippen LogP contribution in [0.25, 0.3) is 0 Å². The van der Waals surface area contributed by atoms with Gasteiger partial charge in [0.1, 0.15) is 9.79 Å². The van der Waals surface area contributed by atoms with Crippen molar-refractivity contribution in [2.24, 2.45) is 30.0 Å². The summed E-state index contributed by atoms with van der Waals surface area (Å²) in [7, 11) is -10.2. The van der Waals surface area contributed by atoms with E-state index in [0.717, 1.165) is 6.07 Å². The van der Waals surface area contributed by atoms with E-state index in [1.54, 1.807) is 24.3 Å². The largest absolute Gasteiger partial charge is 0.326 e. The fourth-order valence-corrected chi connectivity index (χ4v) is 4.88. The molecule has 0 spiro atoms. The number of amidine groups is 2. The maximum absolute atomic E-state index is 12.1. The summed E-state index contributed by atoms with van der Waals surface area (Å²) in [5.41, 5.74) is 0.00498. The highest BCUT2D eigenvalue weighted by molar-refractivity contribution is 7.86. The number of fused-ring (bicyclic) bond motifs is 2. The monoisotopic (exact) mass is 598 g/mol. The number of benzene rings is 2. The SMILES string of the molecule is O=S(=O)(O)c1cc(S(=O)(=O)O)c2cc1N=C1N=C(Cl)NC(=N1)Nc1ccc(cc1)NC1=NC(=N2)N=C(Cl)N1. The highest BCUT2D eigenvalue weighted by Crippen LogP contribution is 2.36. The number of rotatable bonds is 2. The van der Waals surface area contributed by atoms with Gasteiger partial charge in [-0.15, -0.1) is 0 Å². The van der Waals surface area contributed by atoms with E-state index in [9.17, 15) is 25.9 Å². The van der Waals surface area contributed by atoms with Gasteiger partial charge in [0.15, 0.2) is 0 Å². The maximum atomic E-state index is 12.1. The van der Waals surface area contributed by atoms with Crippen LogP contribution >= 0.6 is 23.2 Å². The van der Waals surface area contributed by atoms with Crippen LogP contribution < -0.4 is 21.3 Å². The summed E-state index contributed by atoms with van der Waals surface area (Å²) < 4.78 is 68.0. The van der Waals surface area contributed by atoms with Gasteiger partial charge in [-0.25, -0.2) is 9.98 Å². The molecule has 4 aliphatic heterocycles. The summed E-state index contributed by atoms with van der Waals surface area (Å²) in [6.45, 7) is 0. The molecule has 0 saturated carbocycles. The zero-order chi connectivity index (χ0) is 27.2. The van der Waals surface area contributed by atoms with Gasteiger partial charge in [0.2, 0.25) is 22.5 Å². The van der Waals surface area contributed by atoms with Crippen LogP contribution in [-0.2, 0) is 20.2 Å². The van der Waals surface area contributed by atoms with E-state index in [1.807, 2.05) is 0 Å². The Hall–Kier alpha value is -3.94. The van der Waals surface area contributed by atoms with Crippen LogP contribution in [0.2, 0.25) is 0 Å². The number of anilines is 2. The predicted molar refractivity (Wildman–Crippen MR) is 142 cm³/mol. The predicted octanol–water partition coefficient (Wildman–Crippen LogP) is 1.80. The second kappa shape index (κ2) is 9.42. The van der Waals surface area contributed by atoms with Crippen molar-refractivity contribution < 1.29 is 25.9 Å². The molecule has 4 aliphatic rings. The van der Waals surface area contributed by atoms with Gasteiger partial charge < -0.3 is 21.3 Å². The van der Waals surface area contributed by atoms with Crippen molar-refractivity contribution in [3.63, 3.8) is 0 Å². The molecule has 0 aliphatic carbocycles. The normalized spacial score (nSPS) is 17.1. The van der Waals surface area contributed by atoms with Gasteiger partial charge in [-0.3, -0.25) is 9.11 Å². The summed E-state index contributed by atoms with van der Waals surface area (Å²) in [5, 5.41) is 10.8. The third-order valence-corrected chi connectivity index (χ3v) is 6.83. The van der Waals surface area contributed by atoms with E-state index in [4.69, 9.17) is 23.2 Å². The van der Waals surface area contributed by atoms with Crippen LogP contribution in [0, 0.1) is 0 Å². The molecule has 8 bridgehead atoms. The lowest BCUT2D eigenvalue weighted by molar-refractivity contribution is 0.481. The number of hydrogen-bond donors (Lipinski definition) is 6. The molecule has 6 rings (SSSR count). The first-order chi connectivity index (χ1) is 17.8. The summed E-state index contributed by atoms with van der Waals surface area (Å²) in [4.78, 5) is 22.0. The van der Waals surface area contributed by atoms with Crippen LogP contribution in [0.15, 0.2) is 76.1 Å². The second-order valence-corrected chi connectivity index (χ2v) is 10.9. The molecule has 0 unspecified atom stereocenters. The highest BCUT2D eigenvalue weighted by atomic mass is 35.5. The molecule has 0 atom stereocenters. The first kappa shape index (κ1) is 25.7. The van der Waals surface area contributed by atoms with Crippen LogP contribution in [0.1, 0.15) is 0 Å². The summed E-state index contributed by atoms with van der Waals surface area (Å²) >= 11 is 12.1. The average molecular weight is 599 g/mol. The lowest BCUT2D eigenvalue weighted by Gasteiger charge is -2.16. The molecule has 4 heterocycles. The van der Waals surface area contributed by atoms with E-state index >= 15 is 0 Å². The van der Waals surface area contributed by atoms with E-state index in [0.29, 0.717) is 17.4 Å². The topological polar surface area (TPSA) is 231 Å². The fraction of sp³-hybridized carbons (Fsp3) is 0. The minimum absolute atomic E-state index is 0.0549. The lowest BCUT2D eigenvalue weighted by atomic mass is 10.3. The first-order valence-electron chi connectivity index (χ1n) is 9.98. The average Bonchev–Trinajstić information content (AvgIpc) is 2.78. The van der Waals surface area contributed by atoms with Crippen molar-refractivity contribution in [3.05, 3.63) is 36.4 Å². The molecule has 20 heteroatoms. The Morgan fingerprint density at radius 1 is 0.579 bits per heavy atom. The minimum Gasteiger partial charge on any atom is -0.326 e. The molecule has 0 amide bonds. The van der Waals surface area contributed by atoms with Crippen LogP contribution in [0.4, 0.5) is 22.7 Å². The Bertz CT molecular complexity index is 1660. The van der Waals surface area contributed by atoms with Gasteiger partial charge in [0.05, 0.1) is 11.4 Å². The number of nitrogens with one attached hydrogen (secondary N) is 4. The van der Waals surface area contributed by atoms with Crippen molar-refractivity contribution in [2.45, 2.75) is 9.79 Å². The molecule has 0 radical (unpaired) electrons. The summed E-state index contributed by atoms with van der Waals surface area (Å²) in [6.07, 6.45) is 0. The van der Waals surface area contributed by atoms with E-state index < -0.39 is 41.4 Å². The van der Waals surface area contributed by atoms with Gasteiger partial charge >= 0.3 is 0 Å². The number of halogens is 2. The van der Waals surface area contributed by atoms with Gasteiger partial charge in [-0.1, -0.05) is 0 Å². The van der Waals surface area contributed by atoms with Gasteiger partial charge in [0.25, 0.3) is 32.2 Å². The number of guanidine groups is 4. The Labute approximate surface area is 223 Å². The zero-order valence-electron chi connectivity index (χ0n) is 18.2. The second-order valence-electron chi connectivity index (χ2n) is 7.36. The van der Waals surface area contributed by atoms with E-state index in [1.165, 1.54) is 0 Å². The summed E-state index contributed by atoms with van der Waals surface area (Å²) in [6, 6.07) is 7.99. The Morgan fingerprint density at radius 3 is 1.34 bits per heavy atom. The van der Waals surface area contributed by atoms with Crippen molar-refractivity contribution >= 4 is 101 Å². The highest BCUT2D eigenvalue weighted by Gasteiger charge is 2.26. The Morgan fingerprint density at radius 2 is 0.974 bits per heavy atom. The van der Waals surface area contributed by atoms with Crippen molar-refractivity contribution in [1.29, 1.82) is 0 Å². The standard InChI is InChI=1S/C18H12Cl2N10O6S2/c19-13-25-15-21-7-1-2-8(4-3-7)22-16-26-14(20)28-18(30-16)24-10-5-9(23-17(27-13)29-15)11(37(31,32)33)6-12(10)38(34,35)36/h1-6H,(H,31,32,33)(H,34,35,36)(H2,21,23,25,27,29)(H2,22,24,26,28,30). The number of hydrogen-bond acceptors (Lipinski definition) is 14. The van der Waals surface area contributed by atoms with E-state index in [2.05, 4.69) is 51.2 Å². The van der Waals surface area contributed by atoms with Gasteiger partial charge in [-0.2, -0.15) is 36.8 Å². The molecule has 2 aromatic rings. The smallest absolute Gasteiger partial charge is 0.296 e. The Balaban J connectivity index is 1.82.